The Morgan fingerprint density at radius 3 is 2.46 bits per heavy atom. The van der Waals surface area contributed by atoms with Crippen molar-refractivity contribution in [1.82, 2.24) is 15.2 Å². The first-order chi connectivity index (χ1) is 13.7. The van der Waals surface area contributed by atoms with E-state index in [0.717, 1.165) is 42.6 Å². The molecule has 1 saturated heterocycles. The van der Waals surface area contributed by atoms with Crippen molar-refractivity contribution in [1.29, 1.82) is 0 Å². The molecular weight excluding hydrogens is 350 g/mol. The summed E-state index contributed by atoms with van der Waals surface area (Å²) in [7, 11) is 0. The number of nitrogens with one attached hydrogen (secondary N) is 1. The summed E-state index contributed by atoms with van der Waals surface area (Å²) in [5.41, 5.74) is 2.76. The Morgan fingerprint density at radius 2 is 1.68 bits per heavy atom. The number of carbonyl (C=O) groups is 2. The fourth-order valence-corrected chi connectivity index (χ4v) is 3.25. The van der Waals surface area contributed by atoms with Gasteiger partial charge in [-0.1, -0.05) is 42.5 Å². The van der Waals surface area contributed by atoms with E-state index in [1.807, 2.05) is 59.5 Å². The number of aromatic nitrogens is 1. The van der Waals surface area contributed by atoms with E-state index in [2.05, 4.69) is 10.3 Å². The monoisotopic (exact) mass is 371 g/mol. The molecule has 1 N–H and O–H groups in total. The summed E-state index contributed by atoms with van der Waals surface area (Å²) in [4.78, 5) is 31.2. The van der Waals surface area contributed by atoms with Gasteiger partial charge in [0.25, 0.3) is 5.91 Å². The van der Waals surface area contributed by atoms with Gasteiger partial charge in [-0.2, -0.15) is 0 Å². The molecule has 28 heavy (non-hydrogen) atoms. The second-order valence-electron chi connectivity index (χ2n) is 6.75. The van der Waals surface area contributed by atoms with Gasteiger partial charge in [0.05, 0.1) is 5.52 Å². The van der Waals surface area contributed by atoms with Crippen LogP contribution in [0.1, 0.15) is 26.4 Å². The molecule has 0 spiro atoms. The maximum Gasteiger partial charge on any atom is 0.253 e. The van der Waals surface area contributed by atoms with E-state index in [4.69, 9.17) is 0 Å². The van der Waals surface area contributed by atoms with Crippen LogP contribution in [-0.2, 0) is 0 Å². The maximum absolute atomic E-state index is 12.5. The Hall–Kier alpha value is -3.31. The van der Waals surface area contributed by atoms with Crippen LogP contribution in [0.3, 0.4) is 0 Å². The topological polar surface area (TPSA) is 62.3 Å². The molecule has 1 aromatic heterocycles. The number of rotatable bonds is 4. The quantitative estimate of drug-likeness (QED) is 0.565. The number of benzene rings is 2. The summed E-state index contributed by atoms with van der Waals surface area (Å²) in [6.07, 6.45) is 3.27. The van der Waals surface area contributed by atoms with Crippen LogP contribution in [0.2, 0.25) is 0 Å². The third-order valence-electron chi connectivity index (χ3n) is 4.84. The van der Waals surface area contributed by atoms with Gasteiger partial charge in [0.1, 0.15) is 5.69 Å². The van der Waals surface area contributed by atoms with Crippen molar-refractivity contribution in [3.8, 4) is 0 Å². The van der Waals surface area contributed by atoms with Crippen LogP contribution in [0.4, 0.5) is 0 Å². The molecule has 5 nitrogen and oxygen atoms in total. The minimum Gasteiger partial charge on any atom is -0.336 e. The van der Waals surface area contributed by atoms with Gasteiger partial charge in [-0.25, -0.2) is 4.98 Å². The number of amides is 1. The number of hydrogen-bond donors (Lipinski definition) is 1. The number of fused-ring (bicyclic) bond motifs is 1. The third kappa shape index (κ3) is 4.00. The molecule has 1 amide bonds. The van der Waals surface area contributed by atoms with Gasteiger partial charge >= 0.3 is 0 Å². The minimum atomic E-state index is -0.147. The first-order valence-corrected chi connectivity index (χ1v) is 9.39. The molecule has 2 heterocycles. The Kier molecular flexibility index (Phi) is 5.26. The maximum atomic E-state index is 12.5. The number of ketones is 1. The molecule has 0 bridgehead atoms. The molecule has 1 aliphatic rings. The number of nitrogens with zero attached hydrogens (tertiary/aromatic N) is 2. The lowest BCUT2D eigenvalue weighted by molar-refractivity contribution is 0.0735. The van der Waals surface area contributed by atoms with Gasteiger partial charge in [0.15, 0.2) is 0 Å². The lowest BCUT2D eigenvalue weighted by atomic mass is 10.1. The Balaban J connectivity index is 1.44. The van der Waals surface area contributed by atoms with Crippen molar-refractivity contribution >= 4 is 28.7 Å². The van der Waals surface area contributed by atoms with Gasteiger partial charge in [0.2, 0.25) is 5.78 Å². The fourth-order valence-electron chi connectivity index (χ4n) is 3.25. The largest absolute Gasteiger partial charge is 0.336 e. The number of para-hydroxylation sites is 1. The van der Waals surface area contributed by atoms with Crippen molar-refractivity contribution in [2.45, 2.75) is 0 Å². The number of piperazine rings is 1. The number of allylic oxidation sites excluding steroid dienone is 1. The number of hydrogen-bond acceptors (Lipinski definition) is 4. The molecule has 3 aromatic rings. The Morgan fingerprint density at radius 1 is 0.929 bits per heavy atom. The van der Waals surface area contributed by atoms with Gasteiger partial charge in [0, 0.05) is 37.1 Å². The molecule has 140 valence electrons. The van der Waals surface area contributed by atoms with Gasteiger partial charge < -0.3 is 10.2 Å². The first-order valence-electron chi connectivity index (χ1n) is 9.39. The predicted molar refractivity (Wildman–Crippen MR) is 110 cm³/mol. The summed E-state index contributed by atoms with van der Waals surface area (Å²) < 4.78 is 0. The van der Waals surface area contributed by atoms with Crippen LogP contribution >= 0.6 is 0 Å². The third-order valence-corrected chi connectivity index (χ3v) is 4.84. The highest BCUT2D eigenvalue weighted by molar-refractivity contribution is 6.06. The summed E-state index contributed by atoms with van der Waals surface area (Å²) in [6, 6.07) is 18.7. The lowest BCUT2D eigenvalue weighted by Crippen LogP contribution is -2.46. The van der Waals surface area contributed by atoms with Crippen molar-refractivity contribution in [2.24, 2.45) is 0 Å². The smallest absolute Gasteiger partial charge is 0.253 e. The normalized spacial score (nSPS) is 14.5. The highest BCUT2D eigenvalue weighted by Crippen LogP contribution is 2.14. The van der Waals surface area contributed by atoms with Crippen molar-refractivity contribution < 1.29 is 9.59 Å². The standard InChI is InChI=1S/C23H21N3O2/c27-22(21-11-10-18-3-1-2-4-20(18)25-21)12-7-17-5-8-19(9-6-17)23(28)26-15-13-24-14-16-26/h1-12,24H,13-16H2. The molecule has 0 aliphatic carbocycles. The molecule has 0 unspecified atom stereocenters. The zero-order valence-corrected chi connectivity index (χ0v) is 15.5. The van der Waals surface area contributed by atoms with Gasteiger partial charge in [-0.3, -0.25) is 9.59 Å². The van der Waals surface area contributed by atoms with Crippen LogP contribution in [-0.4, -0.2) is 47.8 Å². The van der Waals surface area contributed by atoms with Crippen molar-refractivity contribution in [3.63, 3.8) is 0 Å². The van der Waals surface area contributed by atoms with Crippen LogP contribution in [0.15, 0.2) is 66.7 Å². The van der Waals surface area contributed by atoms with Crippen LogP contribution in [0.25, 0.3) is 17.0 Å². The Labute approximate surface area is 163 Å². The highest BCUT2D eigenvalue weighted by Gasteiger charge is 2.17. The molecule has 5 heteroatoms. The Bertz CT molecular complexity index is 1040. The first kappa shape index (κ1) is 18.1. The lowest BCUT2D eigenvalue weighted by Gasteiger charge is -2.27. The second kappa shape index (κ2) is 8.15. The molecular formula is C23H21N3O2. The molecule has 1 fully saturated rings. The molecule has 0 radical (unpaired) electrons. The average molecular weight is 371 g/mol. The van der Waals surface area contributed by atoms with E-state index < -0.39 is 0 Å². The fraction of sp³-hybridized carbons (Fsp3) is 0.174. The number of pyridine rings is 1. The van der Waals surface area contributed by atoms with Crippen molar-refractivity contribution in [3.05, 3.63) is 83.6 Å². The van der Waals surface area contributed by atoms with Crippen molar-refractivity contribution in [2.75, 3.05) is 26.2 Å². The molecule has 0 saturated carbocycles. The van der Waals surface area contributed by atoms with E-state index in [9.17, 15) is 9.59 Å². The van der Waals surface area contributed by atoms with E-state index in [0.29, 0.717) is 11.3 Å². The molecule has 4 rings (SSSR count). The summed E-state index contributed by atoms with van der Waals surface area (Å²) >= 11 is 0. The van der Waals surface area contributed by atoms with Gasteiger partial charge in [-0.15, -0.1) is 0 Å². The average Bonchev–Trinajstić information content (AvgIpc) is 2.77. The summed E-state index contributed by atoms with van der Waals surface area (Å²) in [5, 5.41) is 4.25. The minimum absolute atomic E-state index is 0.0495. The summed E-state index contributed by atoms with van der Waals surface area (Å²) in [6.45, 7) is 3.12. The highest BCUT2D eigenvalue weighted by atomic mass is 16.2. The zero-order chi connectivity index (χ0) is 19.3. The molecule has 2 aromatic carbocycles. The van der Waals surface area contributed by atoms with E-state index in [1.54, 1.807) is 12.1 Å². The number of carbonyl (C=O) groups excluding carboxylic acids is 2. The van der Waals surface area contributed by atoms with Crippen LogP contribution < -0.4 is 5.32 Å². The zero-order valence-electron chi connectivity index (χ0n) is 15.5. The predicted octanol–water partition coefficient (Wildman–Crippen LogP) is 3.18. The van der Waals surface area contributed by atoms with E-state index >= 15 is 0 Å². The molecule has 1 aliphatic heterocycles. The second-order valence-corrected chi connectivity index (χ2v) is 6.75. The SMILES string of the molecule is O=C(C=Cc1ccc(C(=O)N2CCNCC2)cc1)c1ccc2ccccc2n1. The van der Waals surface area contributed by atoms with Crippen LogP contribution in [0.5, 0.6) is 0 Å². The van der Waals surface area contributed by atoms with Crippen LogP contribution in [0, 0.1) is 0 Å². The molecule has 0 atom stereocenters. The summed E-state index contributed by atoms with van der Waals surface area (Å²) in [5.74, 6) is -0.0970. The van der Waals surface area contributed by atoms with E-state index in [1.165, 1.54) is 6.08 Å². The van der Waals surface area contributed by atoms with Gasteiger partial charge in [-0.05, 0) is 35.9 Å². The van der Waals surface area contributed by atoms with E-state index in [-0.39, 0.29) is 11.7 Å².